The Kier molecular flexibility index (Phi) is 5.06. The molecule has 1 amide bonds. The average Bonchev–Trinajstić information content (AvgIpc) is 3.32. The molecule has 154 valence electrons. The van der Waals surface area contributed by atoms with Crippen LogP contribution in [0.15, 0.2) is 41.3 Å². The highest BCUT2D eigenvalue weighted by atomic mass is 32.1. The fourth-order valence-electron chi connectivity index (χ4n) is 3.82. The highest BCUT2D eigenvalue weighted by Crippen LogP contribution is 2.32. The zero-order chi connectivity index (χ0) is 20.5. The lowest BCUT2D eigenvalue weighted by Gasteiger charge is -2.31. The van der Waals surface area contributed by atoms with Crippen molar-refractivity contribution in [2.45, 2.75) is 32.4 Å². The quantitative estimate of drug-likeness (QED) is 0.523. The largest absolute Gasteiger partial charge is 0.464 e. The molecular formula is C21H21N5O3S. The van der Waals surface area contributed by atoms with Gasteiger partial charge in [-0.1, -0.05) is 11.3 Å². The van der Waals surface area contributed by atoms with Gasteiger partial charge in [0.05, 0.1) is 6.26 Å². The highest BCUT2D eigenvalue weighted by Gasteiger charge is 2.21. The number of hydrogen-bond donors (Lipinski definition) is 1. The van der Waals surface area contributed by atoms with Gasteiger partial charge in [-0.25, -0.2) is 9.97 Å². The number of furan rings is 1. The number of likely N-dealkylation sites (tertiary alicyclic amines) is 1. The SMILES string of the molecule is CC(=O)NC1CCN(Cc2coc3cc(Oc4nc5nccnc5s4)ccc23)CC1. The lowest BCUT2D eigenvalue weighted by molar-refractivity contribution is -0.119. The lowest BCUT2D eigenvalue weighted by Crippen LogP contribution is -2.43. The molecule has 0 unspecified atom stereocenters. The Bertz CT molecular complexity index is 1160. The van der Waals surface area contributed by atoms with Crippen LogP contribution in [0.25, 0.3) is 21.4 Å². The molecule has 1 aromatic carbocycles. The smallest absolute Gasteiger partial charge is 0.282 e. The molecule has 1 aliphatic rings. The summed E-state index contributed by atoms with van der Waals surface area (Å²) >= 11 is 1.36. The van der Waals surface area contributed by atoms with Gasteiger partial charge in [0.2, 0.25) is 5.91 Å². The Morgan fingerprint density at radius 2 is 2.13 bits per heavy atom. The number of carbonyl (C=O) groups is 1. The summed E-state index contributed by atoms with van der Waals surface area (Å²) < 4.78 is 11.7. The molecule has 4 aromatic rings. The molecule has 0 bridgehead atoms. The van der Waals surface area contributed by atoms with Gasteiger partial charge in [-0.15, -0.1) is 0 Å². The number of piperidine rings is 1. The monoisotopic (exact) mass is 423 g/mol. The third-order valence-corrected chi connectivity index (χ3v) is 6.08. The summed E-state index contributed by atoms with van der Waals surface area (Å²) in [6.45, 7) is 4.32. The molecule has 5 rings (SSSR count). The van der Waals surface area contributed by atoms with Gasteiger partial charge in [0.15, 0.2) is 10.5 Å². The Balaban J connectivity index is 1.26. The van der Waals surface area contributed by atoms with Crippen molar-refractivity contribution in [1.29, 1.82) is 0 Å². The number of fused-ring (bicyclic) bond motifs is 2. The van der Waals surface area contributed by atoms with Crippen LogP contribution < -0.4 is 10.1 Å². The molecule has 30 heavy (non-hydrogen) atoms. The van der Waals surface area contributed by atoms with E-state index in [1.54, 1.807) is 19.3 Å². The normalized spacial score (nSPS) is 15.6. The molecule has 8 nitrogen and oxygen atoms in total. The third kappa shape index (κ3) is 3.99. The van der Waals surface area contributed by atoms with E-state index >= 15 is 0 Å². The van der Waals surface area contributed by atoms with Crippen LogP contribution in [0, 0.1) is 0 Å². The number of nitrogens with one attached hydrogen (secondary N) is 1. The molecule has 0 atom stereocenters. The van der Waals surface area contributed by atoms with Gasteiger partial charge in [0.25, 0.3) is 5.19 Å². The van der Waals surface area contributed by atoms with Crippen LogP contribution in [0.5, 0.6) is 10.9 Å². The maximum absolute atomic E-state index is 11.2. The minimum absolute atomic E-state index is 0.0469. The summed E-state index contributed by atoms with van der Waals surface area (Å²) in [5, 5.41) is 4.60. The van der Waals surface area contributed by atoms with E-state index < -0.39 is 0 Å². The van der Waals surface area contributed by atoms with Gasteiger partial charge in [-0.05, 0) is 25.0 Å². The Morgan fingerprint density at radius 1 is 1.30 bits per heavy atom. The maximum Gasteiger partial charge on any atom is 0.282 e. The zero-order valence-electron chi connectivity index (χ0n) is 16.5. The fraction of sp³-hybridized carbons (Fsp3) is 0.333. The Labute approximate surface area is 176 Å². The zero-order valence-corrected chi connectivity index (χ0v) is 17.3. The number of ether oxygens (including phenoxy) is 1. The molecular weight excluding hydrogens is 402 g/mol. The summed E-state index contributed by atoms with van der Waals surface area (Å²) in [4.78, 5) is 27.1. The second-order valence-electron chi connectivity index (χ2n) is 7.44. The highest BCUT2D eigenvalue weighted by molar-refractivity contribution is 7.19. The van der Waals surface area contributed by atoms with Crippen LogP contribution in [0.3, 0.4) is 0 Å². The number of hydrogen-bond acceptors (Lipinski definition) is 8. The number of thiazole rings is 1. The molecule has 0 saturated carbocycles. The van der Waals surface area contributed by atoms with Crippen molar-refractivity contribution in [2.24, 2.45) is 0 Å². The molecule has 3 aromatic heterocycles. The molecule has 1 aliphatic heterocycles. The van der Waals surface area contributed by atoms with Crippen LogP contribution in [0.1, 0.15) is 25.3 Å². The number of nitrogens with zero attached hydrogens (tertiary/aromatic N) is 4. The van der Waals surface area contributed by atoms with Crippen molar-refractivity contribution >= 4 is 38.7 Å². The summed E-state index contributed by atoms with van der Waals surface area (Å²) in [5.74, 6) is 0.712. The van der Waals surface area contributed by atoms with Crippen molar-refractivity contribution in [3.8, 4) is 10.9 Å². The van der Waals surface area contributed by atoms with Crippen molar-refractivity contribution in [3.63, 3.8) is 0 Å². The van der Waals surface area contributed by atoms with Gasteiger partial charge < -0.3 is 14.5 Å². The van der Waals surface area contributed by atoms with Gasteiger partial charge in [-0.2, -0.15) is 4.98 Å². The van der Waals surface area contributed by atoms with Gasteiger partial charge >= 0.3 is 0 Å². The van der Waals surface area contributed by atoms with Crippen molar-refractivity contribution in [3.05, 3.63) is 42.4 Å². The Morgan fingerprint density at radius 3 is 2.93 bits per heavy atom. The molecule has 0 aliphatic carbocycles. The van der Waals surface area contributed by atoms with Gasteiger partial charge in [0, 0.05) is 62.0 Å². The van der Waals surface area contributed by atoms with Crippen molar-refractivity contribution < 1.29 is 13.9 Å². The van der Waals surface area contributed by atoms with E-state index in [1.807, 2.05) is 24.5 Å². The van der Waals surface area contributed by atoms with E-state index in [1.165, 1.54) is 11.3 Å². The first-order valence-corrected chi connectivity index (χ1v) is 10.7. The molecule has 0 spiro atoms. The summed E-state index contributed by atoms with van der Waals surface area (Å²) in [6, 6.07) is 6.12. The maximum atomic E-state index is 11.2. The average molecular weight is 423 g/mol. The molecule has 1 N–H and O–H groups in total. The third-order valence-electron chi connectivity index (χ3n) is 5.25. The van der Waals surface area contributed by atoms with E-state index in [2.05, 4.69) is 25.2 Å². The summed E-state index contributed by atoms with van der Waals surface area (Å²) in [6.07, 6.45) is 7.02. The molecule has 4 heterocycles. The minimum atomic E-state index is 0.0469. The Hall–Kier alpha value is -3.04. The van der Waals surface area contributed by atoms with E-state index in [4.69, 9.17) is 9.15 Å². The van der Waals surface area contributed by atoms with Crippen LogP contribution in [0.4, 0.5) is 0 Å². The molecule has 1 fully saturated rings. The molecule has 9 heteroatoms. The first-order chi connectivity index (χ1) is 14.6. The van der Waals surface area contributed by atoms with E-state index in [0.29, 0.717) is 16.6 Å². The predicted molar refractivity (Wildman–Crippen MR) is 114 cm³/mol. The van der Waals surface area contributed by atoms with Crippen LogP contribution >= 0.6 is 11.3 Å². The van der Waals surface area contributed by atoms with E-state index in [0.717, 1.165) is 53.8 Å². The van der Waals surface area contributed by atoms with Crippen LogP contribution in [-0.4, -0.2) is 44.9 Å². The first kappa shape index (κ1) is 19.0. The summed E-state index contributed by atoms with van der Waals surface area (Å²) in [7, 11) is 0. The summed E-state index contributed by atoms with van der Waals surface area (Å²) in [5.41, 5.74) is 2.53. The molecule has 1 saturated heterocycles. The second-order valence-corrected chi connectivity index (χ2v) is 8.38. The first-order valence-electron chi connectivity index (χ1n) is 9.89. The fourth-order valence-corrected chi connectivity index (χ4v) is 4.55. The predicted octanol–water partition coefficient (Wildman–Crippen LogP) is 3.73. The number of rotatable bonds is 5. The van der Waals surface area contributed by atoms with Crippen molar-refractivity contribution in [1.82, 2.24) is 25.2 Å². The standard InChI is InChI=1S/C21H21N5O3S/c1-13(27)24-15-4-8-26(9-5-15)11-14-12-28-18-10-16(2-3-17(14)18)29-21-25-19-20(30-21)23-7-6-22-19/h2-3,6-7,10,12,15H,4-5,8-9,11H2,1H3,(H,24,27). The number of benzene rings is 1. The number of carbonyl (C=O) groups excluding carboxylic acids is 1. The van der Waals surface area contributed by atoms with Gasteiger partial charge in [0.1, 0.15) is 11.3 Å². The lowest BCUT2D eigenvalue weighted by atomic mass is 10.0. The van der Waals surface area contributed by atoms with Crippen molar-refractivity contribution in [2.75, 3.05) is 13.1 Å². The van der Waals surface area contributed by atoms with E-state index in [-0.39, 0.29) is 11.9 Å². The minimum Gasteiger partial charge on any atom is -0.464 e. The molecule has 0 radical (unpaired) electrons. The van der Waals surface area contributed by atoms with Gasteiger partial charge in [-0.3, -0.25) is 9.69 Å². The van der Waals surface area contributed by atoms with Crippen LogP contribution in [0.2, 0.25) is 0 Å². The van der Waals surface area contributed by atoms with Crippen LogP contribution in [-0.2, 0) is 11.3 Å². The van der Waals surface area contributed by atoms with E-state index in [9.17, 15) is 4.79 Å². The number of aromatic nitrogens is 3. The topological polar surface area (TPSA) is 93.4 Å². The second kappa shape index (κ2) is 8.00. The number of amides is 1.